The van der Waals surface area contributed by atoms with Crippen molar-refractivity contribution in [2.45, 2.75) is 26.8 Å². The van der Waals surface area contributed by atoms with Crippen LogP contribution in [0.2, 0.25) is 0 Å². The number of carbonyl (C=O) groups is 2. The number of fused-ring (bicyclic) bond motifs is 2. The summed E-state index contributed by atoms with van der Waals surface area (Å²) in [7, 11) is 0. The molecule has 0 saturated carbocycles. The lowest BCUT2D eigenvalue weighted by atomic mass is 9.96. The van der Waals surface area contributed by atoms with Crippen molar-refractivity contribution in [3.8, 4) is 11.3 Å². The molecule has 1 unspecified atom stereocenters. The lowest BCUT2D eigenvalue weighted by Crippen LogP contribution is -2.33. The van der Waals surface area contributed by atoms with E-state index in [1.165, 1.54) is 4.90 Å². The average molecular weight is 407 g/mol. The molecule has 2 amide bonds. The number of carbonyl (C=O) groups excluding carboxylic acids is 2. The largest absolute Gasteiger partial charge is 0.269 e. The number of pyridine rings is 2. The maximum atomic E-state index is 13.1. The summed E-state index contributed by atoms with van der Waals surface area (Å²) < 4.78 is 0. The predicted molar refractivity (Wildman–Crippen MR) is 120 cm³/mol. The quantitative estimate of drug-likeness (QED) is 0.434. The molecule has 0 fully saturated rings. The van der Waals surface area contributed by atoms with E-state index in [0.717, 1.165) is 39.0 Å². The van der Waals surface area contributed by atoms with Crippen molar-refractivity contribution in [3.05, 3.63) is 94.8 Å². The first kappa shape index (κ1) is 19.1. The minimum Gasteiger partial charge on any atom is -0.269 e. The lowest BCUT2D eigenvalue weighted by molar-refractivity contribution is 0.0595. The van der Waals surface area contributed by atoms with Gasteiger partial charge in [0.1, 0.15) is 0 Å². The van der Waals surface area contributed by atoms with E-state index in [4.69, 9.17) is 4.98 Å². The molecule has 1 atom stereocenters. The maximum Gasteiger partial charge on any atom is 0.262 e. The number of aromatic nitrogens is 2. The highest BCUT2D eigenvalue weighted by Crippen LogP contribution is 2.37. The minimum absolute atomic E-state index is 0.272. The number of nitrogens with zero attached hydrogens (tertiary/aromatic N) is 3. The van der Waals surface area contributed by atoms with E-state index in [2.05, 4.69) is 4.98 Å². The summed E-state index contributed by atoms with van der Waals surface area (Å²) in [6.07, 6.45) is 1.75. The maximum absolute atomic E-state index is 13.1. The van der Waals surface area contributed by atoms with Crippen molar-refractivity contribution in [3.63, 3.8) is 0 Å². The molecule has 0 spiro atoms. The number of para-hydroxylation sites is 1. The molecule has 4 aromatic rings. The monoisotopic (exact) mass is 407 g/mol. The Hall–Kier alpha value is -3.86. The molecule has 0 aliphatic carbocycles. The zero-order valence-corrected chi connectivity index (χ0v) is 17.6. The third kappa shape index (κ3) is 2.93. The molecule has 1 aliphatic heterocycles. The van der Waals surface area contributed by atoms with Crippen LogP contribution in [0.4, 0.5) is 0 Å². The first-order chi connectivity index (χ1) is 15.0. The SMILES string of the molecule is Cc1ncccc1-c1nc2c(C)cccc2cc1C(C)N1C(=O)c2ccccc2C1=O. The fourth-order valence-corrected chi connectivity index (χ4v) is 4.33. The van der Waals surface area contributed by atoms with E-state index in [9.17, 15) is 9.59 Å². The van der Waals surface area contributed by atoms with Gasteiger partial charge in [0.15, 0.2) is 0 Å². The van der Waals surface area contributed by atoms with Gasteiger partial charge >= 0.3 is 0 Å². The number of benzene rings is 2. The Labute approximate surface area is 180 Å². The smallest absolute Gasteiger partial charge is 0.262 e. The second kappa shape index (κ2) is 7.13. The Morgan fingerprint density at radius 1 is 0.839 bits per heavy atom. The molecule has 5 nitrogen and oxygen atoms in total. The Balaban J connectivity index is 1.73. The zero-order valence-electron chi connectivity index (χ0n) is 17.6. The summed E-state index contributed by atoms with van der Waals surface area (Å²) >= 11 is 0. The molecule has 3 heterocycles. The van der Waals surface area contributed by atoms with Crippen molar-refractivity contribution in [1.29, 1.82) is 0 Å². The van der Waals surface area contributed by atoms with Gasteiger partial charge in [-0.3, -0.25) is 19.5 Å². The van der Waals surface area contributed by atoms with Crippen molar-refractivity contribution in [1.82, 2.24) is 14.9 Å². The van der Waals surface area contributed by atoms with Crippen LogP contribution in [0.3, 0.4) is 0 Å². The third-order valence-corrected chi connectivity index (χ3v) is 6.00. The molecule has 0 bridgehead atoms. The fourth-order valence-electron chi connectivity index (χ4n) is 4.33. The number of rotatable bonds is 3. The van der Waals surface area contributed by atoms with Gasteiger partial charge in [-0.25, -0.2) is 4.98 Å². The van der Waals surface area contributed by atoms with Crippen molar-refractivity contribution in [2.75, 3.05) is 0 Å². The molecule has 5 rings (SSSR count). The van der Waals surface area contributed by atoms with Crippen LogP contribution in [0.1, 0.15) is 50.5 Å². The number of imide groups is 1. The summed E-state index contributed by atoms with van der Waals surface area (Å²) in [6, 6.07) is 18.4. The third-order valence-electron chi connectivity index (χ3n) is 6.00. The molecule has 152 valence electrons. The Morgan fingerprint density at radius 2 is 1.52 bits per heavy atom. The highest BCUT2D eigenvalue weighted by atomic mass is 16.2. The van der Waals surface area contributed by atoms with Crippen molar-refractivity contribution >= 4 is 22.7 Å². The summed E-state index contributed by atoms with van der Waals surface area (Å²) in [6.45, 7) is 5.85. The van der Waals surface area contributed by atoms with Gasteiger partial charge in [-0.15, -0.1) is 0 Å². The molecule has 1 aliphatic rings. The topological polar surface area (TPSA) is 63.2 Å². The van der Waals surface area contributed by atoms with Gasteiger partial charge in [-0.2, -0.15) is 0 Å². The van der Waals surface area contributed by atoms with E-state index in [-0.39, 0.29) is 11.8 Å². The van der Waals surface area contributed by atoms with Gasteiger partial charge in [-0.05, 0) is 56.7 Å². The van der Waals surface area contributed by atoms with Gasteiger partial charge in [0.2, 0.25) is 0 Å². The van der Waals surface area contributed by atoms with E-state index in [0.29, 0.717) is 11.1 Å². The van der Waals surface area contributed by atoms with E-state index < -0.39 is 6.04 Å². The van der Waals surface area contributed by atoms with Crippen LogP contribution in [0, 0.1) is 13.8 Å². The fraction of sp³-hybridized carbons (Fsp3) is 0.154. The normalized spacial score (nSPS) is 14.2. The first-order valence-electron chi connectivity index (χ1n) is 10.3. The van der Waals surface area contributed by atoms with Gasteiger partial charge in [0.25, 0.3) is 11.8 Å². The van der Waals surface area contributed by atoms with E-state index >= 15 is 0 Å². The van der Waals surface area contributed by atoms with E-state index in [1.807, 2.05) is 57.2 Å². The van der Waals surface area contributed by atoms with Crippen LogP contribution in [-0.2, 0) is 0 Å². The summed E-state index contributed by atoms with van der Waals surface area (Å²) in [5, 5.41) is 0.976. The summed E-state index contributed by atoms with van der Waals surface area (Å²) in [4.78, 5) is 37.0. The zero-order chi connectivity index (χ0) is 21.7. The molecule has 0 radical (unpaired) electrons. The number of aryl methyl sites for hydroxylation is 2. The van der Waals surface area contributed by atoms with Crippen LogP contribution < -0.4 is 0 Å². The van der Waals surface area contributed by atoms with E-state index in [1.54, 1.807) is 30.5 Å². The summed E-state index contributed by atoms with van der Waals surface area (Å²) in [5.41, 5.74) is 6.18. The molecular weight excluding hydrogens is 386 g/mol. The molecule has 0 saturated heterocycles. The van der Waals surface area contributed by atoms with Gasteiger partial charge < -0.3 is 0 Å². The van der Waals surface area contributed by atoms with Crippen molar-refractivity contribution < 1.29 is 9.59 Å². The van der Waals surface area contributed by atoms with Crippen molar-refractivity contribution in [2.24, 2.45) is 0 Å². The highest BCUT2D eigenvalue weighted by Gasteiger charge is 2.39. The van der Waals surface area contributed by atoms with Crippen LogP contribution in [0.5, 0.6) is 0 Å². The number of hydrogen-bond donors (Lipinski definition) is 0. The lowest BCUT2D eigenvalue weighted by Gasteiger charge is -2.25. The Morgan fingerprint density at radius 3 is 2.19 bits per heavy atom. The second-order valence-electron chi connectivity index (χ2n) is 7.91. The molecular formula is C26H21N3O2. The van der Waals surface area contributed by atoms with Crippen LogP contribution in [0.15, 0.2) is 66.9 Å². The van der Waals surface area contributed by atoms with Gasteiger partial charge in [-0.1, -0.05) is 30.3 Å². The van der Waals surface area contributed by atoms with Gasteiger partial charge in [0.05, 0.1) is 28.4 Å². The van der Waals surface area contributed by atoms with Gasteiger partial charge in [0, 0.05) is 28.4 Å². The number of amides is 2. The Bertz CT molecular complexity index is 1340. The van der Waals surface area contributed by atoms with Crippen LogP contribution >= 0.6 is 0 Å². The molecule has 2 aromatic heterocycles. The second-order valence-corrected chi connectivity index (χ2v) is 7.91. The predicted octanol–water partition coefficient (Wildman–Crippen LogP) is 5.27. The number of hydrogen-bond acceptors (Lipinski definition) is 4. The Kier molecular flexibility index (Phi) is 4.40. The standard InChI is InChI=1S/C26H21N3O2/c1-15-8-6-9-18-14-22(24(28-23(15)18)19-12-7-13-27-16(19)2)17(3)29-25(30)20-10-4-5-11-21(20)26(29)31/h4-14,17H,1-3H3. The highest BCUT2D eigenvalue weighted by molar-refractivity contribution is 6.21. The molecule has 0 N–H and O–H groups in total. The minimum atomic E-state index is -0.487. The van der Waals surface area contributed by atoms with Crippen LogP contribution in [-0.4, -0.2) is 26.7 Å². The average Bonchev–Trinajstić information content (AvgIpc) is 3.04. The summed E-state index contributed by atoms with van der Waals surface area (Å²) in [5.74, 6) is -0.544. The molecule has 2 aromatic carbocycles. The molecule has 5 heteroatoms. The first-order valence-corrected chi connectivity index (χ1v) is 10.3. The van der Waals surface area contributed by atoms with Crippen LogP contribution in [0.25, 0.3) is 22.2 Å². The molecule has 31 heavy (non-hydrogen) atoms.